The van der Waals surface area contributed by atoms with E-state index < -0.39 is 23.0 Å². The molecule has 4 aliphatic carbocycles. The molecule has 8 heteroatoms. The molecule has 2 spiro atoms. The number of halogens is 1. The molecule has 2 aromatic carbocycles. The molecule has 4 fully saturated rings. The Morgan fingerprint density at radius 3 is 2.68 bits per heavy atom. The van der Waals surface area contributed by atoms with E-state index >= 15 is 0 Å². The molecule has 2 amide bonds. The SMILES string of the molecule is NC(=O)c1ccc2c3c1O[C@H]1[C@H](NC(=O)Cc4ccc(F)cc4)CC[C@@]4(O)[C@@H]5N(CC6CC6)C5(C2)C[C@]314. The van der Waals surface area contributed by atoms with Crippen LogP contribution < -0.4 is 15.8 Å². The van der Waals surface area contributed by atoms with Crippen LogP contribution in [0.5, 0.6) is 5.75 Å². The lowest BCUT2D eigenvalue weighted by atomic mass is 9.56. The van der Waals surface area contributed by atoms with Crippen LogP contribution in [-0.2, 0) is 23.1 Å². The molecule has 8 rings (SSSR count). The number of ether oxygens (including phenoxy) is 1. The van der Waals surface area contributed by atoms with E-state index in [1.54, 1.807) is 18.2 Å². The van der Waals surface area contributed by atoms with Crippen LogP contribution in [0.15, 0.2) is 36.4 Å². The van der Waals surface area contributed by atoms with Gasteiger partial charge in [-0.25, -0.2) is 4.39 Å². The first-order valence-electron chi connectivity index (χ1n) is 13.4. The monoisotopic (exact) mass is 503 g/mol. The second-order valence-corrected chi connectivity index (χ2v) is 12.2. The lowest BCUT2D eigenvalue weighted by Gasteiger charge is -2.53. The fourth-order valence-electron chi connectivity index (χ4n) is 8.78. The van der Waals surface area contributed by atoms with E-state index in [4.69, 9.17) is 10.5 Å². The molecule has 2 aliphatic heterocycles. The van der Waals surface area contributed by atoms with Crippen molar-refractivity contribution in [1.82, 2.24) is 10.2 Å². The number of likely N-dealkylation sites (tertiary alicyclic amines) is 1. The van der Waals surface area contributed by atoms with Crippen molar-refractivity contribution in [3.63, 3.8) is 0 Å². The standard InChI is InChI=1S/C29H30FN3O4/c30-18-6-3-15(4-7-18)11-21(34)32-20-9-10-29(36)26-27(33(26)13-16-1-2-16)12-17-5-8-19(25(31)35)23-22(17)28(29,14-27)24(20)37-23/h3-8,16,20,24,26,36H,1-2,9-14H2,(H2,31,35)(H,32,34)/t20-,24+,26-,27?,28+,29-,33?/m1/s1. The summed E-state index contributed by atoms with van der Waals surface area (Å²) in [5.74, 6) is 0.170. The van der Waals surface area contributed by atoms with Gasteiger partial charge in [-0.2, -0.15) is 0 Å². The number of carbonyl (C=O) groups excluding carboxylic acids is 2. The van der Waals surface area contributed by atoms with Crippen molar-refractivity contribution in [2.75, 3.05) is 6.54 Å². The highest BCUT2D eigenvalue weighted by Crippen LogP contribution is 2.76. The van der Waals surface area contributed by atoms with Gasteiger partial charge in [-0.1, -0.05) is 18.2 Å². The van der Waals surface area contributed by atoms with E-state index in [1.807, 2.05) is 6.07 Å². The van der Waals surface area contributed by atoms with E-state index in [-0.39, 0.29) is 35.8 Å². The highest BCUT2D eigenvalue weighted by Gasteiger charge is 2.88. The minimum Gasteiger partial charge on any atom is -0.486 e. The number of nitrogens with one attached hydrogen (secondary N) is 1. The fraction of sp³-hybridized carbons (Fsp3) is 0.517. The quantitative estimate of drug-likeness (QED) is 0.523. The number of primary amides is 1. The molecule has 6 aliphatic rings. The molecule has 3 saturated carbocycles. The normalized spacial score (nSPS) is 39.4. The number of benzene rings is 2. The van der Waals surface area contributed by atoms with Crippen molar-refractivity contribution in [3.05, 3.63) is 64.5 Å². The smallest absolute Gasteiger partial charge is 0.252 e. The third kappa shape index (κ3) is 2.68. The van der Waals surface area contributed by atoms with Gasteiger partial charge in [0.2, 0.25) is 5.91 Å². The van der Waals surface area contributed by atoms with Gasteiger partial charge in [-0.05, 0) is 73.8 Å². The van der Waals surface area contributed by atoms with Crippen molar-refractivity contribution in [1.29, 1.82) is 0 Å². The summed E-state index contributed by atoms with van der Waals surface area (Å²) in [5, 5.41) is 15.8. The van der Waals surface area contributed by atoms with E-state index in [1.165, 1.54) is 25.0 Å². The average Bonchev–Trinajstić information content (AvgIpc) is 3.73. The highest BCUT2D eigenvalue weighted by atomic mass is 19.1. The summed E-state index contributed by atoms with van der Waals surface area (Å²) in [5.41, 5.74) is 7.14. The molecule has 37 heavy (non-hydrogen) atoms. The number of hydrogen-bond donors (Lipinski definition) is 3. The molecule has 2 aromatic rings. The van der Waals surface area contributed by atoms with Crippen molar-refractivity contribution in [2.24, 2.45) is 11.7 Å². The van der Waals surface area contributed by atoms with Gasteiger partial charge < -0.3 is 20.9 Å². The maximum atomic E-state index is 13.3. The van der Waals surface area contributed by atoms with Crippen LogP contribution in [-0.4, -0.2) is 57.7 Å². The Kier molecular flexibility index (Phi) is 4.12. The van der Waals surface area contributed by atoms with Crippen LogP contribution in [0.1, 0.15) is 59.2 Å². The van der Waals surface area contributed by atoms with E-state index in [0.29, 0.717) is 24.2 Å². The second-order valence-electron chi connectivity index (χ2n) is 12.2. The minimum absolute atomic E-state index is 0.0675. The lowest BCUT2D eigenvalue weighted by Crippen LogP contribution is -2.68. The van der Waals surface area contributed by atoms with Crippen LogP contribution in [0.3, 0.4) is 0 Å². The molecule has 192 valence electrons. The second kappa shape index (κ2) is 6.91. The number of nitrogens with zero attached hydrogens (tertiary/aromatic N) is 1. The first-order valence-corrected chi connectivity index (χ1v) is 13.4. The molecule has 7 nitrogen and oxygen atoms in total. The first-order chi connectivity index (χ1) is 17.8. The van der Waals surface area contributed by atoms with Crippen LogP contribution >= 0.6 is 0 Å². The van der Waals surface area contributed by atoms with Crippen molar-refractivity contribution in [3.8, 4) is 5.75 Å². The number of fused-ring (bicyclic) bond motifs is 1. The zero-order valence-electron chi connectivity index (χ0n) is 20.5. The van der Waals surface area contributed by atoms with E-state index in [0.717, 1.165) is 42.0 Å². The molecule has 2 heterocycles. The summed E-state index contributed by atoms with van der Waals surface area (Å²) in [4.78, 5) is 28.0. The summed E-state index contributed by atoms with van der Waals surface area (Å²) in [6, 6.07) is 9.44. The van der Waals surface area contributed by atoms with Crippen LogP contribution in [0.4, 0.5) is 4.39 Å². The summed E-state index contributed by atoms with van der Waals surface area (Å²) in [7, 11) is 0. The minimum atomic E-state index is -0.989. The maximum Gasteiger partial charge on any atom is 0.252 e. The molecule has 2 unspecified atom stereocenters. The Bertz CT molecular complexity index is 1380. The van der Waals surface area contributed by atoms with Gasteiger partial charge in [-0.3, -0.25) is 14.5 Å². The Balaban J connectivity index is 1.18. The highest BCUT2D eigenvalue weighted by molar-refractivity contribution is 5.97. The maximum absolute atomic E-state index is 13.3. The number of piperidine rings is 1. The molecule has 1 saturated heterocycles. The zero-order valence-corrected chi connectivity index (χ0v) is 20.5. The molecular formula is C29H30FN3O4. The Hall–Kier alpha value is -2.97. The van der Waals surface area contributed by atoms with Gasteiger partial charge in [0.05, 0.1) is 35.1 Å². The summed E-state index contributed by atoms with van der Waals surface area (Å²) in [6.07, 6.45) is 4.93. The van der Waals surface area contributed by atoms with E-state index in [2.05, 4.69) is 10.2 Å². The Morgan fingerprint density at radius 2 is 1.95 bits per heavy atom. The van der Waals surface area contributed by atoms with Gasteiger partial charge in [0.15, 0.2) is 0 Å². The molecule has 2 bridgehead atoms. The first kappa shape index (κ1) is 22.1. The molecular weight excluding hydrogens is 473 g/mol. The van der Waals surface area contributed by atoms with Gasteiger partial charge in [0.1, 0.15) is 17.7 Å². The summed E-state index contributed by atoms with van der Waals surface area (Å²) < 4.78 is 19.9. The van der Waals surface area contributed by atoms with Gasteiger partial charge in [-0.15, -0.1) is 0 Å². The lowest BCUT2D eigenvalue weighted by molar-refractivity contribution is -0.132. The zero-order chi connectivity index (χ0) is 25.3. The third-order valence-electron chi connectivity index (χ3n) is 10.3. The van der Waals surface area contributed by atoms with Crippen LogP contribution in [0.25, 0.3) is 0 Å². The Labute approximate surface area is 214 Å². The van der Waals surface area contributed by atoms with Crippen LogP contribution in [0.2, 0.25) is 0 Å². The van der Waals surface area contributed by atoms with Gasteiger partial charge in [0, 0.05) is 17.6 Å². The number of nitrogens with two attached hydrogens (primary N) is 1. The number of hydrogen-bond acceptors (Lipinski definition) is 5. The third-order valence-corrected chi connectivity index (χ3v) is 10.3. The Morgan fingerprint density at radius 1 is 1.16 bits per heavy atom. The fourth-order valence-corrected chi connectivity index (χ4v) is 8.78. The van der Waals surface area contributed by atoms with Crippen molar-refractivity contribution < 1.29 is 23.8 Å². The van der Waals surface area contributed by atoms with Gasteiger partial charge in [0.25, 0.3) is 5.91 Å². The predicted octanol–water partition coefficient (Wildman–Crippen LogP) is 1.97. The number of rotatable bonds is 6. The topological polar surface area (TPSA) is 105 Å². The predicted molar refractivity (Wildman–Crippen MR) is 132 cm³/mol. The summed E-state index contributed by atoms with van der Waals surface area (Å²) >= 11 is 0. The molecule has 0 aromatic heterocycles. The molecule has 4 N–H and O–H groups in total. The largest absolute Gasteiger partial charge is 0.486 e. The average molecular weight is 504 g/mol. The number of carbonyl (C=O) groups is 2. The van der Waals surface area contributed by atoms with Gasteiger partial charge >= 0.3 is 0 Å². The van der Waals surface area contributed by atoms with Crippen molar-refractivity contribution >= 4 is 11.8 Å². The van der Waals surface area contributed by atoms with E-state index in [9.17, 15) is 19.1 Å². The number of amides is 2. The number of aliphatic hydroxyl groups is 1. The summed E-state index contributed by atoms with van der Waals surface area (Å²) in [6.45, 7) is 1.04. The molecule has 0 radical (unpaired) electrons. The molecule has 7 atom stereocenters. The van der Waals surface area contributed by atoms with Crippen molar-refractivity contribution in [2.45, 2.75) is 79.7 Å². The van der Waals surface area contributed by atoms with Crippen LogP contribution in [0, 0.1) is 11.7 Å².